The fourth-order valence-electron chi connectivity index (χ4n) is 10.3. The Hall–Kier alpha value is -9.99. The number of nitriles is 1. The minimum Gasteiger partial charge on any atom is -0.308 e. The van der Waals surface area contributed by atoms with E-state index in [2.05, 4.69) is 6.07 Å². The number of aryl methyl sites for hydroxylation is 2. The predicted molar refractivity (Wildman–Crippen MR) is 300 cm³/mol. The standard InChI is InChI=1S/C67H42F6N6/c1-40-23-27-51(56(31-40)67(71,72)73)48-25-29-53-52-28-24-47(50-30-26-49(32-41(50)2)66(68,69)70)35-61(52)79(62(53)36-48)63-54(60-38-59(45-19-11-5-12-20-45)75-64(78-60)46-21-13-6-14-22-46)33-42(39-74)34-55(63)65-76-57(43-15-7-3-8-16-43)37-58(77-65)44-17-9-4-10-18-44/h3-38H,1-2H3. The van der Waals surface area contributed by atoms with E-state index in [1.54, 1.807) is 50.2 Å². The Bertz CT molecular complexity index is 4090. The molecule has 0 aliphatic rings. The molecular formula is C67H42F6N6. The van der Waals surface area contributed by atoms with Gasteiger partial charge in [-0.2, -0.15) is 31.6 Å². The van der Waals surface area contributed by atoms with Crippen LogP contribution in [0.1, 0.15) is 27.8 Å². The van der Waals surface area contributed by atoms with Crippen molar-refractivity contribution in [2.24, 2.45) is 0 Å². The molecule has 0 amide bonds. The highest BCUT2D eigenvalue weighted by Gasteiger charge is 2.35. The molecule has 382 valence electrons. The van der Waals surface area contributed by atoms with Gasteiger partial charge in [-0.1, -0.05) is 169 Å². The van der Waals surface area contributed by atoms with Gasteiger partial charge in [0, 0.05) is 44.2 Å². The summed E-state index contributed by atoms with van der Waals surface area (Å²) in [5.74, 6) is 0.595. The molecule has 9 aromatic carbocycles. The molecule has 0 fully saturated rings. The smallest absolute Gasteiger partial charge is 0.308 e. The normalized spacial score (nSPS) is 11.8. The molecule has 0 unspecified atom stereocenters. The lowest BCUT2D eigenvalue weighted by atomic mass is 9.96. The molecule has 0 saturated heterocycles. The van der Waals surface area contributed by atoms with Gasteiger partial charge in [-0.05, 0) is 96.3 Å². The minimum absolute atomic E-state index is 0.0413. The van der Waals surface area contributed by atoms with Crippen molar-refractivity contribution in [2.45, 2.75) is 26.2 Å². The lowest BCUT2D eigenvalue weighted by molar-refractivity contribution is -0.138. The van der Waals surface area contributed by atoms with Crippen LogP contribution >= 0.6 is 0 Å². The fraction of sp³-hybridized carbons (Fsp3) is 0.0597. The first-order valence-electron chi connectivity index (χ1n) is 25.2. The Balaban J connectivity index is 1.26. The van der Waals surface area contributed by atoms with E-state index in [0.29, 0.717) is 95.0 Å². The van der Waals surface area contributed by atoms with Crippen molar-refractivity contribution in [2.75, 3.05) is 0 Å². The van der Waals surface area contributed by atoms with Crippen molar-refractivity contribution in [3.63, 3.8) is 0 Å². The van der Waals surface area contributed by atoms with Gasteiger partial charge in [0.15, 0.2) is 11.6 Å². The average molecular weight is 1050 g/mol. The van der Waals surface area contributed by atoms with Crippen molar-refractivity contribution in [3.05, 3.63) is 246 Å². The van der Waals surface area contributed by atoms with Gasteiger partial charge >= 0.3 is 12.4 Å². The number of benzene rings is 9. The summed E-state index contributed by atoms with van der Waals surface area (Å²) < 4.78 is 89.7. The van der Waals surface area contributed by atoms with Crippen molar-refractivity contribution in [1.82, 2.24) is 24.5 Å². The van der Waals surface area contributed by atoms with E-state index in [-0.39, 0.29) is 22.5 Å². The van der Waals surface area contributed by atoms with E-state index < -0.39 is 23.5 Å². The fourth-order valence-corrected chi connectivity index (χ4v) is 10.3. The highest BCUT2D eigenvalue weighted by Crippen LogP contribution is 2.46. The maximum absolute atomic E-state index is 15.1. The molecule has 0 aliphatic heterocycles. The molecule has 12 heteroatoms. The van der Waals surface area contributed by atoms with Crippen LogP contribution in [-0.4, -0.2) is 24.5 Å². The zero-order valence-electron chi connectivity index (χ0n) is 42.2. The van der Waals surface area contributed by atoms with Crippen molar-refractivity contribution >= 4 is 21.8 Å². The molecule has 12 rings (SSSR count). The van der Waals surface area contributed by atoms with Gasteiger partial charge in [-0.25, -0.2) is 19.9 Å². The monoisotopic (exact) mass is 1040 g/mol. The van der Waals surface area contributed by atoms with Gasteiger partial charge < -0.3 is 4.57 Å². The predicted octanol–water partition coefficient (Wildman–Crippen LogP) is 18.2. The highest BCUT2D eigenvalue weighted by molar-refractivity contribution is 6.12. The minimum atomic E-state index is -4.71. The Morgan fingerprint density at radius 2 is 0.861 bits per heavy atom. The molecule has 12 aromatic rings. The quantitative estimate of drug-likeness (QED) is 0.135. The summed E-state index contributed by atoms with van der Waals surface area (Å²) in [6.45, 7) is 3.24. The average Bonchev–Trinajstić information content (AvgIpc) is 3.79. The number of rotatable bonds is 9. The summed E-state index contributed by atoms with van der Waals surface area (Å²) in [5.41, 5.74) is 8.16. The van der Waals surface area contributed by atoms with Crippen LogP contribution in [0.4, 0.5) is 26.3 Å². The molecule has 0 spiro atoms. The zero-order chi connectivity index (χ0) is 54.6. The number of hydrogen-bond donors (Lipinski definition) is 0. The van der Waals surface area contributed by atoms with Crippen LogP contribution in [0.25, 0.3) is 118 Å². The molecule has 79 heavy (non-hydrogen) atoms. The van der Waals surface area contributed by atoms with E-state index >= 15 is 13.2 Å². The van der Waals surface area contributed by atoms with Crippen LogP contribution in [0, 0.1) is 25.2 Å². The third kappa shape index (κ3) is 9.57. The molecule has 3 heterocycles. The topological polar surface area (TPSA) is 80.3 Å². The Labute approximate surface area is 450 Å². The van der Waals surface area contributed by atoms with Crippen LogP contribution in [0.2, 0.25) is 0 Å². The van der Waals surface area contributed by atoms with Gasteiger partial charge in [0.2, 0.25) is 0 Å². The van der Waals surface area contributed by atoms with E-state index in [4.69, 9.17) is 19.9 Å². The highest BCUT2D eigenvalue weighted by atomic mass is 19.4. The maximum atomic E-state index is 15.1. The number of halogens is 6. The second kappa shape index (κ2) is 19.9. The van der Waals surface area contributed by atoms with Gasteiger partial charge in [0.1, 0.15) is 0 Å². The second-order valence-corrected chi connectivity index (χ2v) is 19.3. The molecule has 0 N–H and O–H groups in total. The Morgan fingerprint density at radius 3 is 1.37 bits per heavy atom. The number of nitrogens with zero attached hydrogens (tertiary/aromatic N) is 6. The van der Waals surface area contributed by atoms with E-state index in [1.165, 1.54) is 12.1 Å². The van der Waals surface area contributed by atoms with Crippen molar-refractivity contribution in [1.29, 1.82) is 5.26 Å². The van der Waals surface area contributed by atoms with Crippen LogP contribution in [0.5, 0.6) is 0 Å². The van der Waals surface area contributed by atoms with Crippen LogP contribution in [0.15, 0.2) is 218 Å². The lowest BCUT2D eigenvalue weighted by Gasteiger charge is -2.21. The first-order valence-corrected chi connectivity index (χ1v) is 25.2. The van der Waals surface area contributed by atoms with E-state index in [9.17, 15) is 18.4 Å². The Kier molecular flexibility index (Phi) is 12.5. The van der Waals surface area contributed by atoms with Crippen molar-refractivity contribution < 1.29 is 26.3 Å². The summed E-state index contributed by atoms with van der Waals surface area (Å²) in [6.07, 6.45) is -9.28. The van der Waals surface area contributed by atoms with Crippen LogP contribution < -0.4 is 0 Å². The van der Waals surface area contributed by atoms with Gasteiger partial charge in [0.25, 0.3) is 0 Å². The first kappa shape index (κ1) is 49.9. The largest absolute Gasteiger partial charge is 0.417 e. The molecule has 0 aliphatic carbocycles. The first-order chi connectivity index (χ1) is 38.2. The summed E-state index contributed by atoms with van der Waals surface area (Å²) >= 11 is 0. The molecular weight excluding hydrogens is 1000 g/mol. The van der Waals surface area contributed by atoms with Gasteiger partial charge in [0.05, 0.1) is 62.3 Å². The number of fused-ring (bicyclic) bond motifs is 3. The molecule has 0 atom stereocenters. The SMILES string of the molecule is Cc1ccc(-c2ccc3c4ccc(-c5ccc(C(F)(F)F)cc5C)cc4n(-c4c(-c5cc(-c6ccccc6)nc(-c6ccccc6)n5)cc(C#N)cc4-c4nc(-c5ccccc5)cc(-c5ccccc5)n4)c3c2)c(C(F)(F)F)c1. The maximum Gasteiger partial charge on any atom is 0.417 e. The summed E-state index contributed by atoms with van der Waals surface area (Å²) in [6, 6.07) is 66.5. The molecule has 3 aromatic heterocycles. The second-order valence-electron chi connectivity index (χ2n) is 19.3. The lowest BCUT2D eigenvalue weighted by Crippen LogP contribution is -2.08. The third-order valence-corrected chi connectivity index (χ3v) is 14.1. The third-order valence-electron chi connectivity index (χ3n) is 14.1. The van der Waals surface area contributed by atoms with Gasteiger partial charge in [-0.15, -0.1) is 0 Å². The molecule has 6 nitrogen and oxygen atoms in total. The summed E-state index contributed by atoms with van der Waals surface area (Å²) in [5, 5.41) is 12.4. The number of aromatic nitrogens is 5. The van der Waals surface area contributed by atoms with E-state index in [1.807, 2.05) is 156 Å². The Morgan fingerprint density at radius 1 is 0.392 bits per heavy atom. The van der Waals surface area contributed by atoms with Crippen LogP contribution in [0.3, 0.4) is 0 Å². The van der Waals surface area contributed by atoms with Gasteiger partial charge in [-0.3, -0.25) is 0 Å². The molecule has 0 bridgehead atoms. The van der Waals surface area contributed by atoms with E-state index in [0.717, 1.165) is 34.9 Å². The molecule has 0 radical (unpaired) electrons. The summed E-state index contributed by atoms with van der Waals surface area (Å²) in [7, 11) is 0. The molecule has 0 saturated carbocycles. The zero-order valence-corrected chi connectivity index (χ0v) is 42.2. The number of alkyl halides is 6. The number of hydrogen-bond acceptors (Lipinski definition) is 5. The van der Waals surface area contributed by atoms with Crippen LogP contribution in [-0.2, 0) is 12.4 Å². The van der Waals surface area contributed by atoms with Crippen molar-refractivity contribution in [3.8, 4) is 102 Å². The summed E-state index contributed by atoms with van der Waals surface area (Å²) in [4.78, 5) is 21.0.